The number of hydrogen-bond donors (Lipinski definition) is 1. The van der Waals surface area contributed by atoms with Crippen LogP contribution >= 0.6 is 0 Å². The Balaban J connectivity index is 1.93. The Labute approximate surface area is 120 Å². The fourth-order valence-electron chi connectivity index (χ4n) is 2.39. The van der Waals surface area contributed by atoms with E-state index >= 15 is 0 Å². The van der Waals surface area contributed by atoms with Crippen molar-refractivity contribution in [1.82, 2.24) is 19.9 Å². The predicted molar refractivity (Wildman–Crippen MR) is 74.8 cm³/mol. The third-order valence-corrected chi connectivity index (χ3v) is 3.50. The van der Waals surface area contributed by atoms with Gasteiger partial charge >= 0.3 is 0 Å². The summed E-state index contributed by atoms with van der Waals surface area (Å²) in [6.07, 6.45) is 7.45. The van der Waals surface area contributed by atoms with Crippen LogP contribution in [0.25, 0.3) is 5.52 Å². The van der Waals surface area contributed by atoms with Gasteiger partial charge in [-0.3, -0.25) is 4.98 Å². The SMILES string of the molecule is CNC(Cc1ccc(F)c(F)c1)c1cnn2ccncc12. The number of hydrogen-bond acceptors (Lipinski definition) is 3. The minimum absolute atomic E-state index is 0.0587. The first kappa shape index (κ1) is 13.6. The van der Waals surface area contributed by atoms with E-state index in [-0.39, 0.29) is 6.04 Å². The van der Waals surface area contributed by atoms with Crippen molar-refractivity contribution in [3.8, 4) is 0 Å². The molecule has 0 aliphatic rings. The minimum atomic E-state index is -0.833. The molecule has 0 aliphatic heterocycles. The summed E-state index contributed by atoms with van der Waals surface area (Å²) in [6.45, 7) is 0. The van der Waals surface area contributed by atoms with Crippen LogP contribution in [0.15, 0.2) is 43.0 Å². The first-order chi connectivity index (χ1) is 10.2. The molecule has 3 aromatic rings. The van der Waals surface area contributed by atoms with Crippen LogP contribution in [0.4, 0.5) is 8.78 Å². The van der Waals surface area contributed by atoms with Crippen molar-refractivity contribution < 1.29 is 8.78 Å². The zero-order chi connectivity index (χ0) is 14.8. The highest BCUT2D eigenvalue weighted by atomic mass is 19.2. The molecule has 1 unspecified atom stereocenters. The van der Waals surface area contributed by atoms with Crippen LogP contribution in [0.1, 0.15) is 17.2 Å². The Morgan fingerprint density at radius 1 is 1.24 bits per heavy atom. The second kappa shape index (κ2) is 5.57. The minimum Gasteiger partial charge on any atom is -0.313 e. The Hall–Kier alpha value is -2.34. The number of benzene rings is 1. The molecule has 1 aromatic carbocycles. The average Bonchev–Trinajstić information content (AvgIpc) is 2.92. The number of nitrogens with one attached hydrogen (secondary N) is 1. The maximum atomic E-state index is 13.3. The molecule has 108 valence electrons. The predicted octanol–water partition coefficient (Wildman–Crippen LogP) is 2.51. The summed E-state index contributed by atoms with van der Waals surface area (Å²) in [5.41, 5.74) is 2.58. The summed E-state index contributed by atoms with van der Waals surface area (Å²) in [6, 6.07) is 3.90. The van der Waals surface area contributed by atoms with Crippen LogP contribution < -0.4 is 5.32 Å². The highest BCUT2D eigenvalue weighted by Crippen LogP contribution is 2.22. The van der Waals surface area contributed by atoms with E-state index in [1.54, 1.807) is 35.4 Å². The van der Waals surface area contributed by atoms with Crippen molar-refractivity contribution in [3.05, 3.63) is 65.7 Å². The monoisotopic (exact) mass is 288 g/mol. The van der Waals surface area contributed by atoms with Crippen LogP contribution in [-0.4, -0.2) is 21.6 Å². The number of nitrogens with zero attached hydrogens (tertiary/aromatic N) is 3. The van der Waals surface area contributed by atoms with Gasteiger partial charge in [-0.25, -0.2) is 13.3 Å². The van der Waals surface area contributed by atoms with Gasteiger partial charge < -0.3 is 5.32 Å². The maximum Gasteiger partial charge on any atom is 0.159 e. The van der Waals surface area contributed by atoms with Gasteiger partial charge in [-0.05, 0) is 31.2 Å². The van der Waals surface area contributed by atoms with Gasteiger partial charge in [0.1, 0.15) is 0 Å². The van der Waals surface area contributed by atoms with Gasteiger partial charge in [0.25, 0.3) is 0 Å². The summed E-state index contributed by atoms with van der Waals surface area (Å²) in [4.78, 5) is 4.10. The number of fused-ring (bicyclic) bond motifs is 1. The summed E-state index contributed by atoms with van der Waals surface area (Å²) < 4.78 is 28.0. The van der Waals surface area contributed by atoms with Crippen LogP contribution in [-0.2, 0) is 6.42 Å². The highest BCUT2D eigenvalue weighted by molar-refractivity contribution is 5.53. The first-order valence-corrected chi connectivity index (χ1v) is 6.57. The summed E-state index contributed by atoms with van der Waals surface area (Å²) in [7, 11) is 1.82. The van der Waals surface area contributed by atoms with Crippen LogP contribution in [0, 0.1) is 11.6 Å². The number of halogens is 2. The molecule has 6 heteroatoms. The third-order valence-electron chi connectivity index (χ3n) is 3.50. The van der Waals surface area contributed by atoms with E-state index in [4.69, 9.17) is 0 Å². The smallest absolute Gasteiger partial charge is 0.159 e. The Morgan fingerprint density at radius 3 is 2.86 bits per heavy atom. The molecule has 1 atom stereocenters. The normalized spacial score (nSPS) is 12.7. The summed E-state index contributed by atoms with van der Waals surface area (Å²) >= 11 is 0. The average molecular weight is 288 g/mol. The zero-order valence-electron chi connectivity index (χ0n) is 11.4. The molecule has 0 amide bonds. The standard InChI is InChI=1S/C15H14F2N4/c1-18-14(7-10-2-3-12(16)13(17)6-10)11-8-20-21-5-4-19-9-15(11)21/h2-6,8-9,14,18H,7H2,1H3. The van der Waals surface area contributed by atoms with Crippen molar-refractivity contribution in [2.24, 2.45) is 0 Å². The molecule has 0 aliphatic carbocycles. The molecular formula is C15H14F2N4. The van der Waals surface area contributed by atoms with E-state index in [2.05, 4.69) is 15.4 Å². The molecule has 2 heterocycles. The van der Waals surface area contributed by atoms with Gasteiger partial charge in [0, 0.05) is 24.0 Å². The van der Waals surface area contributed by atoms with E-state index in [1.165, 1.54) is 6.07 Å². The third kappa shape index (κ3) is 2.62. The fraction of sp³-hybridized carbons (Fsp3) is 0.200. The lowest BCUT2D eigenvalue weighted by Crippen LogP contribution is -2.18. The largest absolute Gasteiger partial charge is 0.313 e. The van der Waals surface area contributed by atoms with E-state index < -0.39 is 11.6 Å². The second-order valence-electron chi connectivity index (χ2n) is 4.80. The van der Waals surface area contributed by atoms with Crippen molar-refractivity contribution in [1.29, 1.82) is 0 Å². The van der Waals surface area contributed by atoms with Gasteiger partial charge in [0.2, 0.25) is 0 Å². The Bertz CT molecular complexity index is 769. The molecule has 21 heavy (non-hydrogen) atoms. The molecule has 0 radical (unpaired) electrons. The topological polar surface area (TPSA) is 42.2 Å². The lowest BCUT2D eigenvalue weighted by molar-refractivity contribution is 0.504. The lowest BCUT2D eigenvalue weighted by atomic mass is 10.0. The molecule has 2 aromatic heterocycles. The van der Waals surface area contributed by atoms with E-state index in [9.17, 15) is 8.78 Å². The van der Waals surface area contributed by atoms with Crippen molar-refractivity contribution >= 4 is 5.52 Å². The molecule has 4 nitrogen and oxygen atoms in total. The first-order valence-electron chi connectivity index (χ1n) is 6.57. The van der Waals surface area contributed by atoms with Crippen molar-refractivity contribution in [2.45, 2.75) is 12.5 Å². The maximum absolute atomic E-state index is 13.3. The number of likely N-dealkylation sites (N-methyl/N-ethyl adjacent to an activating group) is 1. The van der Waals surface area contributed by atoms with Gasteiger partial charge in [0.15, 0.2) is 11.6 Å². The molecule has 1 N–H and O–H groups in total. The molecular weight excluding hydrogens is 274 g/mol. The molecule has 0 spiro atoms. The number of aromatic nitrogens is 3. The Morgan fingerprint density at radius 2 is 2.10 bits per heavy atom. The Kier molecular flexibility index (Phi) is 3.62. The molecule has 0 saturated carbocycles. The molecule has 0 fully saturated rings. The van der Waals surface area contributed by atoms with Gasteiger partial charge in [-0.1, -0.05) is 6.07 Å². The van der Waals surface area contributed by atoms with E-state index in [0.717, 1.165) is 22.7 Å². The quantitative estimate of drug-likeness (QED) is 0.802. The van der Waals surface area contributed by atoms with Gasteiger partial charge in [-0.15, -0.1) is 0 Å². The second-order valence-corrected chi connectivity index (χ2v) is 4.80. The van der Waals surface area contributed by atoms with Crippen molar-refractivity contribution in [2.75, 3.05) is 7.05 Å². The molecule has 0 bridgehead atoms. The number of rotatable bonds is 4. The summed E-state index contributed by atoms with van der Waals surface area (Å²) in [5.74, 6) is -1.66. The molecule has 3 rings (SSSR count). The summed E-state index contributed by atoms with van der Waals surface area (Å²) in [5, 5.41) is 7.45. The van der Waals surface area contributed by atoms with E-state index in [0.29, 0.717) is 6.42 Å². The van der Waals surface area contributed by atoms with Crippen molar-refractivity contribution in [3.63, 3.8) is 0 Å². The van der Waals surface area contributed by atoms with Gasteiger partial charge in [0.05, 0.1) is 17.9 Å². The fourth-order valence-corrected chi connectivity index (χ4v) is 2.39. The van der Waals surface area contributed by atoms with Crippen LogP contribution in [0.3, 0.4) is 0 Å². The lowest BCUT2D eigenvalue weighted by Gasteiger charge is -2.15. The van der Waals surface area contributed by atoms with Crippen LogP contribution in [0.2, 0.25) is 0 Å². The van der Waals surface area contributed by atoms with Crippen LogP contribution in [0.5, 0.6) is 0 Å². The molecule has 0 saturated heterocycles. The zero-order valence-corrected chi connectivity index (χ0v) is 11.4. The van der Waals surface area contributed by atoms with E-state index in [1.807, 2.05) is 7.05 Å². The highest BCUT2D eigenvalue weighted by Gasteiger charge is 2.16. The van der Waals surface area contributed by atoms with Gasteiger partial charge in [-0.2, -0.15) is 5.10 Å².